The molecule has 0 aliphatic heterocycles. The molecule has 1 aromatic rings. The Kier molecular flexibility index (Phi) is 3.74. The predicted octanol–water partition coefficient (Wildman–Crippen LogP) is 1.94. The Morgan fingerprint density at radius 2 is 2.13 bits per heavy atom. The Hall–Kier alpha value is -1.49. The zero-order valence-electron chi connectivity index (χ0n) is 8.38. The third-order valence-electron chi connectivity index (χ3n) is 1.93. The highest BCUT2D eigenvalue weighted by Gasteiger charge is 2.15. The zero-order chi connectivity index (χ0) is 11.4. The average Bonchev–Trinajstić information content (AvgIpc) is 2.23. The summed E-state index contributed by atoms with van der Waals surface area (Å²) in [6, 6.07) is 3.56. The number of ether oxygens (including phenoxy) is 1. The number of benzene rings is 1. The molecule has 0 bridgehead atoms. The van der Waals surface area contributed by atoms with Gasteiger partial charge in [0.2, 0.25) is 0 Å². The van der Waals surface area contributed by atoms with E-state index in [4.69, 9.17) is 4.74 Å². The smallest absolute Gasteiger partial charge is 0.253 e. The van der Waals surface area contributed by atoms with Crippen LogP contribution in [-0.2, 0) is 9.53 Å². The first-order valence-electron chi connectivity index (χ1n) is 4.34. The van der Waals surface area contributed by atoms with Crippen LogP contribution in [-0.4, -0.2) is 19.1 Å². The molecule has 5 heteroatoms. The van der Waals surface area contributed by atoms with Crippen LogP contribution in [0.15, 0.2) is 18.2 Å². The van der Waals surface area contributed by atoms with Crippen LogP contribution in [0.2, 0.25) is 0 Å². The molecule has 1 amide bonds. The summed E-state index contributed by atoms with van der Waals surface area (Å²) in [5, 5.41) is 2.22. The quantitative estimate of drug-likeness (QED) is 0.836. The first-order valence-corrected chi connectivity index (χ1v) is 4.34. The van der Waals surface area contributed by atoms with Gasteiger partial charge in [0.15, 0.2) is 11.6 Å². The van der Waals surface area contributed by atoms with Crippen LogP contribution in [0.3, 0.4) is 0 Å². The Morgan fingerprint density at radius 1 is 1.47 bits per heavy atom. The maximum Gasteiger partial charge on any atom is 0.253 e. The number of hydrogen-bond acceptors (Lipinski definition) is 2. The van der Waals surface area contributed by atoms with Gasteiger partial charge in [0.25, 0.3) is 5.91 Å². The molecular formula is C10H11F2NO2. The second-order valence-electron chi connectivity index (χ2n) is 2.97. The monoisotopic (exact) mass is 215 g/mol. The topological polar surface area (TPSA) is 38.3 Å². The molecule has 0 fully saturated rings. The van der Waals surface area contributed by atoms with Crippen molar-refractivity contribution in [2.45, 2.75) is 13.0 Å². The Labute approximate surface area is 86.0 Å². The number of hydrogen-bond donors (Lipinski definition) is 1. The number of halogens is 2. The van der Waals surface area contributed by atoms with Crippen molar-refractivity contribution in [2.75, 3.05) is 12.4 Å². The zero-order valence-corrected chi connectivity index (χ0v) is 8.38. The number of amides is 1. The van der Waals surface area contributed by atoms with Crippen LogP contribution in [0.25, 0.3) is 0 Å². The molecule has 0 radical (unpaired) electrons. The first kappa shape index (κ1) is 11.6. The van der Waals surface area contributed by atoms with Crippen molar-refractivity contribution in [2.24, 2.45) is 0 Å². The van der Waals surface area contributed by atoms with Gasteiger partial charge >= 0.3 is 0 Å². The van der Waals surface area contributed by atoms with Crippen LogP contribution in [0.1, 0.15) is 6.92 Å². The van der Waals surface area contributed by atoms with Crippen LogP contribution in [0, 0.1) is 11.6 Å². The van der Waals surface area contributed by atoms with Crippen molar-refractivity contribution in [3.8, 4) is 0 Å². The fraction of sp³-hybridized carbons (Fsp3) is 0.300. The Bertz CT molecular complexity index is 368. The van der Waals surface area contributed by atoms with Gasteiger partial charge in [-0.2, -0.15) is 0 Å². The lowest BCUT2D eigenvalue weighted by Crippen LogP contribution is -2.27. The van der Waals surface area contributed by atoms with E-state index in [1.54, 1.807) is 0 Å². The lowest BCUT2D eigenvalue weighted by atomic mass is 10.2. The molecule has 1 aromatic carbocycles. The largest absolute Gasteiger partial charge is 0.372 e. The lowest BCUT2D eigenvalue weighted by molar-refractivity contribution is -0.124. The van der Waals surface area contributed by atoms with E-state index < -0.39 is 23.6 Å². The van der Waals surface area contributed by atoms with Crippen molar-refractivity contribution in [1.82, 2.24) is 0 Å². The van der Waals surface area contributed by atoms with Crippen molar-refractivity contribution >= 4 is 11.6 Å². The molecule has 0 saturated heterocycles. The van der Waals surface area contributed by atoms with Crippen molar-refractivity contribution in [3.05, 3.63) is 29.8 Å². The Balaban J connectivity index is 2.81. The van der Waals surface area contributed by atoms with Crippen molar-refractivity contribution in [1.29, 1.82) is 0 Å². The molecule has 3 nitrogen and oxygen atoms in total. The number of nitrogens with one attached hydrogen (secondary N) is 1. The number of carbonyl (C=O) groups is 1. The molecule has 82 valence electrons. The lowest BCUT2D eigenvalue weighted by Gasteiger charge is -2.10. The summed E-state index contributed by atoms with van der Waals surface area (Å²) >= 11 is 0. The fourth-order valence-corrected chi connectivity index (χ4v) is 0.942. The van der Waals surface area contributed by atoms with Crippen molar-refractivity contribution in [3.63, 3.8) is 0 Å². The maximum atomic E-state index is 13.1. The molecule has 0 saturated carbocycles. The summed E-state index contributed by atoms with van der Waals surface area (Å²) in [5.74, 6) is -2.60. The van der Waals surface area contributed by atoms with Crippen molar-refractivity contribution < 1.29 is 18.3 Å². The summed E-state index contributed by atoms with van der Waals surface area (Å²) in [5.41, 5.74) is -0.191. The van der Waals surface area contributed by atoms with Gasteiger partial charge in [-0.3, -0.25) is 4.79 Å². The van der Waals surface area contributed by atoms with E-state index in [2.05, 4.69) is 5.32 Å². The molecule has 0 aliphatic carbocycles. The third-order valence-corrected chi connectivity index (χ3v) is 1.93. The normalized spacial score (nSPS) is 12.3. The van der Waals surface area contributed by atoms with E-state index in [1.165, 1.54) is 26.2 Å². The summed E-state index contributed by atoms with van der Waals surface area (Å²) in [4.78, 5) is 11.3. The van der Waals surface area contributed by atoms with E-state index in [1.807, 2.05) is 0 Å². The molecule has 0 spiro atoms. The predicted molar refractivity (Wildman–Crippen MR) is 51.5 cm³/mol. The summed E-state index contributed by atoms with van der Waals surface area (Å²) < 4.78 is 30.6. The summed E-state index contributed by atoms with van der Waals surface area (Å²) in [6.45, 7) is 1.51. The average molecular weight is 215 g/mol. The molecular weight excluding hydrogens is 204 g/mol. The van der Waals surface area contributed by atoms with Gasteiger partial charge in [-0.05, 0) is 19.1 Å². The highest BCUT2D eigenvalue weighted by Crippen LogP contribution is 2.16. The van der Waals surface area contributed by atoms with E-state index in [0.717, 1.165) is 6.07 Å². The van der Waals surface area contributed by atoms with Crippen LogP contribution < -0.4 is 5.32 Å². The van der Waals surface area contributed by atoms with E-state index in [9.17, 15) is 13.6 Å². The number of carbonyl (C=O) groups excluding carboxylic acids is 1. The number of methoxy groups -OCH3 is 1. The number of anilines is 1. The minimum Gasteiger partial charge on any atom is -0.372 e. The Morgan fingerprint density at radius 3 is 2.73 bits per heavy atom. The molecule has 0 heterocycles. The van der Waals surface area contributed by atoms with E-state index in [-0.39, 0.29) is 5.69 Å². The van der Waals surface area contributed by atoms with Gasteiger partial charge in [0.1, 0.15) is 6.10 Å². The van der Waals surface area contributed by atoms with E-state index in [0.29, 0.717) is 0 Å². The van der Waals surface area contributed by atoms with Gasteiger partial charge in [-0.15, -0.1) is 0 Å². The van der Waals surface area contributed by atoms with Gasteiger partial charge in [0, 0.05) is 7.11 Å². The molecule has 1 atom stereocenters. The molecule has 1 rings (SSSR count). The second kappa shape index (κ2) is 4.84. The van der Waals surface area contributed by atoms with Gasteiger partial charge in [-0.25, -0.2) is 8.78 Å². The van der Waals surface area contributed by atoms with Gasteiger partial charge < -0.3 is 10.1 Å². The maximum absolute atomic E-state index is 13.1. The molecule has 0 aliphatic rings. The summed E-state index contributed by atoms with van der Waals surface area (Å²) in [6.07, 6.45) is -0.715. The minimum atomic E-state index is -1.07. The standard InChI is InChI=1S/C10H11F2NO2/c1-6(15-2)10(14)13-8-5-3-4-7(11)9(8)12/h3-6H,1-2H3,(H,13,14). The molecule has 1 unspecified atom stereocenters. The SMILES string of the molecule is COC(C)C(=O)Nc1cccc(F)c1F. The van der Waals surface area contributed by atoms with Crippen LogP contribution in [0.4, 0.5) is 14.5 Å². The van der Waals surface area contributed by atoms with E-state index >= 15 is 0 Å². The third kappa shape index (κ3) is 2.73. The van der Waals surface area contributed by atoms with Gasteiger partial charge in [-0.1, -0.05) is 6.07 Å². The molecule has 0 aromatic heterocycles. The minimum absolute atomic E-state index is 0.191. The first-order chi connectivity index (χ1) is 7.06. The summed E-state index contributed by atoms with van der Waals surface area (Å²) in [7, 11) is 1.35. The van der Waals surface area contributed by atoms with Crippen LogP contribution >= 0.6 is 0 Å². The molecule has 1 N–H and O–H groups in total. The molecule has 15 heavy (non-hydrogen) atoms. The number of rotatable bonds is 3. The fourth-order valence-electron chi connectivity index (χ4n) is 0.942. The van der Waals surface area contributed by atoms with Crippen LogP contribution in [0.5, 0.6) is 0 Å². The highest BCUT2D eigenvalue weighted by molar-refractivity contribution is 5.93. The van der Waals surface area contributed by atoms with Gasteiger partial charge in [0.05, 0.1) is 5.69 Å². The highest BCUT2D eigenvalue weighted by atomic mass is 19.2. The second-order valence-corrected chi connectivity index (χ2v) is 2.97.